The molecular formula is C11H12IN. The molecule has 1 aromatic carbocycles. The molecule has 0 aliphatic heterocycles. The first kappa shape index (κ1) is 10.4. The maximum absolute atomic E-state index is 2.16. The Kier molecular flexibility index (Phi) is 3.25. The lowest BCUT2D eigenvalue weighted by atomic mass is 10.1. The average Bonchev–Trinajstić information content (AvgIpc) is 2.12. The van der Waals surface area contributed by atoms with E-state index in [9.17, 15) is 0 Å². The van der Waals surface area contributed by atoms with E-state index in [0.717, 1.165) is 0 Å². The van der Waals surface area contributed by atoms with Gasteiger partial charge in [-0.1, -0.05) is 12.1 Å². The predicted octanol–water partition coefficient (Wildman–Crippen LogP) is -1.02. The summed E-state index contributed by atoms with van der Waals surface area (Å²) in [7, 11) is 2.07. The maximum atomic E-state index is 2.16. The Balaban J connectivity index is 0.000000845. The number of benzene rings is 1. The number of aryl methyl sites for hydroxylation is 2. The highest BCUT2D eigenvalue weighted by Gasteiger charge is 2.04. The minimum absolute atomic E-state index is 0. The van der Waals surface area contributed by atoms with Crippen molar-refractivity contribution in [1.82, 2.24) is 0 Å². The third kappa shape index (κ3) is 1.82. The van der Waals surface area contributed by atoms with Crippen molar-refractivity contribution in [3.05, 3.63) is 42.1 Å². The van der Waals surface area contributed by atoms with Crippen LogP contribution in [0, 0.1) is 6.92 Å². The number of hydrogen-bond donors (Lipinski definition) is 0. The standard InChI is InChI=1S/C11H12N.HI/c1-9-7-8-12(2)11-6-4-3-5-10(9)11;/h3-8H,1-2H3;1H/q+1;/p-1. The van der Waals surface area contributed by atoms with Crippen LogP contribution in [0.4, 0.5) is 0 Å². The van der Waals surface area contributed by atoms with Gasteiger partial charge in [-0.05, 0) is 18.6 Å². The van der Waals surface area contributed by atoms with Crippen LogP contribution in [0.3, 0.4) is 0 Å². The van der Waals surface area contributed by atoms with Gasteiger partial charge in [0, 0.05) is 17.5 Å². The molecule has 2 heteroatoms. The second-order valence-corrected chi connectivity index (χ2v) is 3.13. The third-order valence-corrected chi connectivity index (χ3v) is 2.26. The Morgan fingerprint density at radius 2 is 1.77 bits per heavy atom. The zero-order valence-electron chi connectivity index (χ0n) is 7.79. The molecule has 2 rings (SSSR count). The van der Waals surface area contributed by atoms with Crippen LogP contribution >= 0.6 is 0 Å². The van der Waals surface area contributed by atoms with Gasteiger partial charge in [0.2, 0.25) is 5.52 Å². The first-order valence-corrected chi connectivity index (χ1v) is 4.13. The second kappa shape index (κ2) is 4.05. The van der Waals surface area contributed by atoms with Gasteiger partial charge >= 0.3 is 0 Å². The van der Waals surface area contributed by atoms with E-state index in [4.69, 9.17) is 0 Å². The van der Waals surface area contributed by atoms with Gasteiger partial charge in [0.25, 0.3) is 0 Å². The van der Waals surface area contributed by atoms with Crippen LogP contribution in [0.25, 0.3) is 10.9 Å². The van der Waals surface area contributed by atoms with E-state index < -0.39 is 0 Å². The summed E-state index contributed by atoms with van der Waals surface area (Å²) < 4.78 is 2.14. The normalized spacial score (nSPS) is 9.69. The average molecular weight is 285 g/mol. The topological polar surface area (TPSA) is 3.88 Å². The highest BCUT2D eigenvalue weighted by atomic mass is 127. The van der Waals surface area contributed by atoms with Crippen LogP contribution in [0.15, 0.2) is 36.5 Å². The van der Waals surface area contributed by atoms with Crippen molar-refractivity contribution in [3.8, 4) is 0 Å². The molecule has 0 spiro atoms. The molecule has 0 saturated heterocycles. The van der Waals surface area contributed by atoms with Crippen LogP contribution in [0.1, 0.15) is 5.56 Å². The number of aromatic nitrogens is 1. The molecule has 0 amide bonds. The van der Waals surface area contributed by atoms with E-state index in [2.05, 4.69) is 55.1 Å². The maximum Gasteiger partial charge on any atom is 0.212 e. The minimum atomic E-state index is 0. The molecule has 0 atom stereocenters. The van der Waals surface area contributed by atoms with Gasteiger partial charge in [-0.25, -0.2) is 4.57 Å². The van der Waals surface area contributed by atoms with Gasteiger partial charge in [-0.2, -0.15) is 0 Å². The summed E-state index contributed by atoms with van der Waals surface area (Å²) in [6.45, 7) is 2.14. The monoisotopic (exact) mass is 285 g/mol. The number of nitrogens with zero attached hydrogens (tertiary/aromatic N) is 1. The molecule has 0 N–H and O–H groups in total. The predicted molar refractivity (Wildman–Crippen MR) is 49.9 cm³/mol. The lowest BCUT2D eigenvalue weighted by molar-refractivity contribution is -0.644. The Hall–Kier alpha value is -0.640. The zero-order valence-corrected chi connectivity index (χ0v) is 9.95. The van der Waals surface area contributed by atoms with Crippen molar-refractivity contribution < 1.29 is 28.5 Å². The SMILES string of the molecule is Cc1cc[n+](C)c2ccccc12.[I-]. The van der Waals surface area contributed by atoms with Crippen molar-refractivity contribution >= 4 is 10.9 Å². The Bertz CT molecular complexity index is 383. The fraction of sp³-hybridized carbons (Fsp3) is 0.182. The van der Waals surface area contributed by atoms with Crippen molar-refractivity contribution in [1.29, 1.82) is 0 Å². The molecule has 1 heterocycles. The van der Waals surface area contributed by atoms with E-state index in [1.165, 1.54) is 16.5 Å². The molecule has 0 aliphatic rings. The molecule has 0 fully saturated rings. The smallest absolute Gasteiger partial charge is 0.212 e. The van der Waals surface area contributed by atoms with Crippen LogP contribution in [0.2, 0.25) is 0 Å². The lowest BCUT2D eigenvalue weighted by Crippen LogP contribution is -3.00. The summed E-state index contributed by atoms with van der Waals surface area (Å²) in [5.74, 6) is 0. The molecule has 0 aliphatic carbocycles. The largest absolute Gasteiger partial charge is 1.00 e. The number of pyridine rings is 1. The van der Waals surface area contributed by atoms with E-state index in [1.807, 2.05) is 0 Å². The minimum Gasteiger partial charge on any atom is -1.00 e. The fourth-order valence-electron chi connectivity index (χ4n) is 1.51. The molecule has 13 heavy (non-hydrogen) atoms. The van der Waals surface area contributed by atoms with E-state index in [1.54, 1.807) is 0 Å². The number of rotatable bonds is 0. The first-order chi connectivity index (χ1) is 5.79. The van der Waals surface area contributed by atoms with Gasteiger partial charge in [0.15, 0.2) is 6.20 Å². The third-order valence-electron chi connectivity index (χ3n) is 2.26. The van der Waals surface area contributed by atoms with E-state index in [-0.39, 0.29) is 24.0 Å². The van der Waals surface area contributed by atoms with Crippen LogP contribution in [-0.4, -0.2) is 0 Å². The summed E-state index contributed by atoms with van der Waals surface area (Å²) in [6.07, 6.45) is 2.09. The van der Waals surface area contributed by atoms with Crippen molar-refractivity contribution in [3.63, 3.8) is 0 Å². The molecule has 68 valence electrons. The van der Waals surface area contributed by atoms with Crippen LogP contribution < -0.4 is 28.5 Å². The molecule has 0 unspecified atom stereocenters. The quantitative estimate of drug-likeness (QED) is 0.431. The summed E-state index contributed by atoms with van der Waals surface area (Å²) in [5, 5.41) is 1.34. The molecular weight excluding hydrogens is 273 g/mol. The Morgan fingerprint density at radius 3 is 2.46 bits per heavy atom. The summed E-state index contributed by atoms with van der Waals surface area (Å²) in [6, 6.07) is 10.6. The van der Waals surface area contributed by atoms with Gasteiger partial charge in [-0.3, -0.25) is 0 Å². The molecule has 1 aromatic heterocycles. The summed E-state index contributed by atoms with van der Waals surface area (Å²) in [5.41, 5.74) is 2.63. The van der Waals surface area contributed by atoms with Crippen molar-refractivity contribution in [2.24, 2.45) is 7.05 Å². The van der Waals surface area contributed by atoms with Gasteiger partial charge in [-0.15, -0.1) is 0 Å². The number of hydrogen-bond acceptors (Lipinski definition) is 0. The number of fused-ring (bicyclic) bond motifs is 1. The van der Waals surface area contributed by atoms with Crippen LogP contribution in [-0.2, 0) is 7.05 Å². The number of para-hydroxylation sites is 1. The molecule has 1 nitrogen and oxygen atoms in total. The summed E-state index contributed by atoms with van der Waals surface area (Å²) in [4.78, 5) is 0. The Labute approximate surface area is 95.4 Å². The van der Waals surface area contributed by atoms with Crippen molar-refractivity contribution in [2.45, 2.75) is 6.92 Å². The van der Waals surface area contributed by atoms with Gasteiger partial charge in [0.1, 0.15) is 7.05 Å². The summed E-state index contributed by atoms with van der Waals surface area (Å²) >= 11 is 0. The fourth-order valence-corrected chi connectivity index (χ4v) is 1.51. The van der Waals surface area contributed by atoms with Crippen LogP contribution in [0.5, 0.6) is 0 Å². The number of halogens is 1. The second-order valence-electron chi connectivity index (χ2n) is 3.13. The van der Waals surface area contributed by atoms with Gasteiger partial charge in [0.05, 0.1) is 0 Å². The first-order valence-electron chi connectivity index (χ1n) is 4.13. The Morgan fingerprint density at radius 1 is 1.08 bits per heavy atom. The highest BCUT2D eigenvalue weighted by Crippen LogP contribution is 2.12. The molecule has 0 radical (unpaired) electrons. The molecule has 2 aromatic rings. The zero-order chi connectivity index (χ0) is 8.55. The van der Waals surface area contributed by atoms with Crippen molar-refractivity contribution in [2.75, 3.05) is 0 Å². The molecule has 0 saturated carbocycles. The van der Waals surface area contributed by atoms with E-state index >= 15 is 0 Å². The molecule has 0 bridgehead atoms. The lowest BCUT2D eigenvalue weighted by Gasteiger charge is -1.98. The van der Waals surface area contributed by atoms with Gasteiger partial charge < -0.3 is 24.0 Å². The highest BCUT2D eigenvalue weighted by molar-refractivity contribution is 5.78. The van der Waals surface area contributed by atoms with E-state index in [0.29, 0.717) is 0 Å².